The molecular formula is C11H16N2. The van der Waals surface area contributed by atoms with E-state index in [0.717, 1.165) is 13.1 Å². The standard InChI is InChI=1S/C11H16N2/c1-9-11(13-8-7-12-9)10-5-3-2-4-6-10/h2-6,9,11-13H,7-8H2,1H3. The van der Waals surface area contributed by atoms with Crippen molar-refractivity contribution in [1.29, 1.82) is 0 Å². The Morgan fingerprint density at radius 1 is 1.08 bits per heavy atom. The first-order valence-corrected chi connectivity index (χ1v) is 4.89. The molecule has 1 aliphatic heterocycles. The van der Waals surface area contributed by atoms with Crippen molar-refractivity contribution in [3.05, 3.63) is 35.9 Å². The van der Waals surface area contributed by atoms with Gasteiger partial charge < -0.3 is 10.6 Å². The maximum absolute atomic E-state index is 3.52. The molecule has 1 heterocycles. The van der Waals surface area contributed by atoms with E-state index in [1.807, 2.05) is 0 Å². The summed E-state index contributed by atoms with van der Waals surface area (Å²) < 4.78 is 0. The van der Waals surface area contributed by atoms with E-state index in [-0.39, 0.29) is 0 Å². The highest BCUT2D eigenvalue weighted by atomic mass is 15.1. The predicted molar refractivity (Wildman–Crippen MR) is 54.7 cm³/mol. The summed E-state index contributed by atoms with van der Waals surface area (Å²) in [6.07, 6.45) is 0. The largest absolute Gasteiger partial charge is 0.311 e. The summed E-state index contributed by atoms with van der Waals surface area (Å²) >= 11 is 0. The van der Waals surface area contributed by atoms with Gasteiger partial charge in [-0.3, -0.25) is 0 Å². The van der Waals surface area contributed by atoms with Gasteiger partial charge in [-0.2, -0.15) is 0 Å². The quantitative estimate of drug-likeness (QED) is 0.674. The van der Waals surface area contributed by atoms with Gasteiger partial charge in [0.25, 0.3) is 0 Å². The number of nitrogens with one attached hydrogen (secondary N) is 2. The van der Waals surface area contributed by atoms with E-state index in [4.69, 9.17) is 0 Å². The molecule has 70 valence electrons. The maximum atomic E-state index is 3.52. The molecule has 2 atom stereocenters. The Hall–Kier alpha value is -0.860. The summed E-state index contributed by atoms with van der Waals surface area (Å²) in [6.45, 7) is 4.36. The fourth-order valence-corrected chi connectivity index (χ4v) is 1.89. The highest BCUT2D eigenvalue weighted by Crippen LogP contribution is 2.17. The van der Waals surface area contributed by atoms with E-state index in [9.17, 15) is 0 Å². The number of hydrogen-bond donors (Lipinski definition) is 2. The van der Waals surface area contributed by atoms with Crippen LogP contribution in [0, 0.1) is 0 Å². The molecule has 0 saturated carbocycles. The Kier molecular flexibility index (Phi) is 2.62. The van der Waals surface area contributed by atoms with Crippen LogP contribution in [0.5, 0.6) is 0 Å². The molecule has 2 heteroatoms. The summed E-state index contributed by atoms with van der Waals surface area (Å²) in [5.41, 5.74) is 1.38. The molecule has 0 radical (unpaired) electrons. The Labute approximate surface area is 79.4 Å². The molecule has 1 saturated heterocycles. The van der Waals surface area contributed by atoms with Gasteiger partial charge in [0.2, 0.25) is 0 Å². The van der Waals surface area contributed by atoms with E-state index in [2.05, 4.69) is 47.9 Å². The molecule has 1 aliphatic rings. The van der Waals surface area contributed by atoms with Crippen LogP contribution < -0.4 is 10.6 Å². The van der Waals surface area contributed by atoms with E-state index in [0.29, 0.717) is 12.1 Å². The van der Waals surface area contributed by atoms with E-state index >= 15 is 0 Å². The lowest BCUT2D eigenvalue weighted by molar-refractivity contribution is 0.345. The summed E-state index contributed by atoms with van der Waals surface area (Å²) in [5, 5.41) is 6.99. The van der Waals surface area contributed by atoms with Gasteiger partial charge in [-0.25, -0.2) is 0 Å². The smallest absolute Gasteiger partial charge is 0.0473 e. The molecule has 2 unspecified atom stereocenters. The molecule has 0 aliphatic carbocycles. The fraction of sp³-hybridized carbons (Fsp3) is 0.455. The van der Waals surface area contributed by atoms with Crippen LogP contribution in [0.1, 0.15) is 18.5 Å². The van der Waals surface area contributed by atoms with Crippen LogP contribution in [-0.2, 0) is 0 Å². The van der Waals surface area contributed by atoms with Crippen LogP contribution >= 0.6 is 0 Å². The Morgan fingerprint density at radius 3 is 2.46 bits per heavy atom. The van der Waals surface area contributed by atoms with Crippen LogP contribution in [0.3, 0.4) is 0 Å². The van der Waals surface area contributed by atoms with Crippen molar-refractivity contribution in [3.63, 3.8) is 0 Å². The third-order valence-corrected chi connectivity index (χ3v) is 2.61. The van der Waals surface area contributed by atoms with Crippen molar-refractivity contribution in [2.45, 2.75) is 19.0 Å². The van der Waals surface area contributed by atoms with Gasteiger partial charge in [0.05, 0.1) is 0 Å². The second-order valence-corrected chi connectivity index (χ2v) is 3.59. The average Bonchev–Trinajstić information content (AvgIpc) is 2.20. The molecule has 0 aromatic heterocycles. The second kappa shape index (κ2) is 3.90. The Balaban J connectivity index is 2.15. The van der Waals surface area contributed by atoms with Crippen LogP contribution in [-0.4, -0.2) is 19.1 Å². The summed E-state index contributed by atoms with van der Waals surface area (Å²) in [6, 6.07) is 11.6. The van der Waals surface area contributed by atoms with Crippen LogP contribution in [0.15, 0.2) is 30.3 Å². The third-order valence-electron chi connectivity index (χ3n) is 2.61. The summed E-state index contributed by atoms with van der Waals surface area (Å²) in [5.74, 6) is 0. The zero-order chi connectivity index (χ0) is 9.10. The summed E-state index contributed by atoms with van der Waals surface area (Å²) in [7, 11) is 0. The minimum Gasteiger partial charge on any atom is -0.311 e. The van der Waals surface area contributed by atoms with Crippen molar-refractivity contribution in [3.8, 4) is 0 Å². The lowest BCUT2D eigenvalue weighted by atomic mass is 9.99. The molecule has 2 N–H and O–H groups in total. The van der Waals surface area contributed by atoms with Crippen molar-refractivity contribution in [2.24, 2.45) is 0 Å². The number of rotatable bonds is 1. The van der Waals surface area contributed by atoms with E-state index in [1.54, 1.807) is 0 Å². The van der Waals surface area contributed by atoms with Gasteiger partial charge in [0, 0.05) is 25.2 Å². The predicted octanol–water partition coefficient (Wildman–Crippen LogP) is 1.31. The van der Waals surface area contributed by atoms with Crippen LogP contribution in [0.25, 0.3) is 0 Å². The third kappa shape index (κ3) is 1.90. The topological polar surface area (TPSA) is 24.1 Å². The van der Waals surface area contributed by atoms with E-state index < -0.39 is 0 Å². The van der Waals surface area contributed by atoms with Gasteiger partial charge in [-0.15, -0.1) is 0 Å². The number of hydrogen-bond acceptors (Lipinski definition) is 2. The van der Waals surface area contributed by atoms with Gasteiger partial charge in [-0.1, -0.05) is 30.3 Å². The minimum atomic E-state index is 0.468. The van der Waals surface area contributed by atoms with Gasteiger partial charge in [0.1, 0.15) is 0 Å². The molecule has 0 spiro atoms. The van der Waals surface area contributed by atoms with Crippen molar-refractivity contribution in [1.82, 2.24) is 10.6 Å². The zero-order valence-electron chi connectivity index (χ0n) is 7.96. The first-order chi connectivity index (χ1) is 6.38. The molecule has 0 amide bonds. The Bertz CT molecular complexity index is 258. The normalized spacial score (nSPS) is 28.7. The van der Waals surface area contributed by atoms with Crippen molar-refractivity contribution < 1.29 is 0 Å². The van der Waals surface area contributed by atoms with Gasteiger partial charge in [0.15, 0.2) is 0 Å². The average molecular weight is 176 g/mol. The lowest BCUT2D eigenvalue weighted by Crippen LogP contribution is -2.48. The lowest BCUT2D eigenvalue weighted by Gasteiger charge is -2.31. The SMILES string of the molecule is CC1NCCNC1c1ccccc1. The first kappa shape index (κ1) is 8.73. The highest BCUT2D eigenvalue weighted by Gasteiger charge is 2.20. The molecule has 13 heavy (non-hydrogen) atoms. The molecule has 2 rings (SSSR count). The summed E-state index contributed by atoms with van der Waals surface area (Å²) in [4.78, 5) is 0. The first-order valence-electron chi connectivity index (χ1n) is 4.89. The Morgan fingerprint density at radius 2 is 1.77 bits per heavy atom. The van der Waals surface area contributed by atoms with Crippen LogP contribution in [0.4, 0.5) is 0 Å². The monoisotopic (exact) mass is 176 g/mol. The van der Waals surface area contributed by atoms with E-state index in [1.165, 1.54) is 5.56 Å². The minimum absolute atomic E-state index is 0.468. The van der Waals surface area contributed by atoms with Crippen LogP contribution in [0.2, 0.25) is 0 Å². The number of benzene rings is 1. The van der Waals surface area contributed by atoms with Crippen molar-refractivity contribution >= 4 is 0 Å². The van der Waals surface area contributed by atoms with Crippen molar-refractivity contribution in [2.75, 3.05) is 13.1 Å². The molecule has 0 bridgehead atoms. The molecule has 2 nitrogen and oxygen atoms in total. The zero-order valence-corrected chi connectivity index (χ0v) is 7.96. The highest BCUT2D eigenvalue weighted by molar-refractivity contribution is 5.20. The fourth-order valence-electron chi connectivity index (χ4n) is 1.89. The molecule has 1 aromatic rings. The van der Waals surface area contributed by atoms with Gasteiger partial charge >= 0.3 is 0 Å². The molecule has 1 aromatic carbocycles. The maximum Gasteiger partial charge on any atom is 0.0473 e. The number of piperazine rings is 1. The van der Waals surface area contributed by atoms with Gasteiger partial charge in [-0.05, 0) is 12.5 Å². The molecular weight excluding hydrogens is 160 g/mol. The molecule has 1 fully saturated rings. The second-order valence-electron chi connectivity index (χ2n) is 3.59.